The van der Waals surface area contributed by atoms with Gasteiger partial charge in [0, 0.05) is 5.59 Å². The van der Waals surface area contributed by atoms with Gasteiger partial charge in [-0.2, -0.15) is 0 Å². The van der Waals surface area contributed by atoms with E-state index in [0.717, 1.165) is 0 Å². The summed E-state index contributed by atoms with van der Waals surface area (Å²) in [5.41, 5.74) is 0.185. The summed E-state index contributed by atoms with van der Waals surface area (Å²) < 4.78 is 12.5. The monoisotopic (exact) mass is 122 g/mol. The second kappa shape index (κ2) is 2.13. The van der Waals surface area contributed by atoms with E-state index in [-0.39, 0.29) is 11.3 Å². The Balaban J connectivity index is 3.25. The fourth-order valence-electron chi connectivity index (χ4n) is 0.476. The summed E-state index contributed by atoms with van der Waals surface area (Å²) in [5, 5.41) is 0. The van der Waals surface area contributed by atoms with Crippen LogP contribution in [0.2, 0.25) is 0 Å². The second-order valence-electron chi connectivity index (χ2n) is 1.66. The van der Waals surface area contributed by atoms with Crippen LogP contribution in [0.5, 0.6) is 0 Å². The third-order valence-corrected chi connectivity index (χ3v) is 0.991. The van der Waals surface area contributed by atoms with Gasteiger partial charge in [-0.15, -0.1) is 0 Å². The predicted octanol–water partition coefficient (Wildman–Crippen LogP) is -0.282. The fraction of sp³-hybridized carbons (Fsp3) is 0.200. The second-order valence-corrected chi connectivity index (χ2v) is 1.66. The van der Waals surface area contributed by atoms with E-state index in [4.69, 9.17) is 7.85 Å². The zero-order valence-corrected chi connectivity index (χ0v) is 4.93. The molecule has 0 N–H and O–H groups in total. The van der Waals surface area contributed by atoms with E-state index in [1.54, 1.807) is 0 Å². The number of hydrogen-bond acceptors (Lipinski definition) is 2. The molecule has 0 bridgehead atoms. The van der Waals surface area contributed by atoms with Crippen LogP contribution in [0.1, 0.15) is 5.69 Å². The molecule has 0 saturated heterocycles. The number of nitrogens with zero attached hydrogens (tertiary/aromatic N) is 2. The molecule has 1 aromatic heterocycles. The quantitative estimate of drug-likeness (QED) is 0.442. The molecule has 9 heavy (non-hydrogen) atoms. The molecular weight excluding hydrogens is 118 g/mol. The van der Waals surface area contributed by atoms with Crippen molar-refractivity contribution in [3.8, 4) is 0 Å². The van der Waals surface area contributed by atoms with Crippen molar-refractivity contribution in [1.82, 2.24) is 9.97 Å². The highest BCUT2D eigenvalue weighted by atomic mass is 19.1. The van der Waals surface area contributed by atoms with Crippen LogP contribution in [-0.4, -0.2) is 17.8 Å². The molecular formula is C5H4BFN2. The molecule has 0 aromatic carbocycles. The highest BCUT2D eigenvalue weighted by Crippen LogP contribution is 1.92. The third-order valence-electron chi connectivity index (χ3n) is 0.991. The van der Waals surface area contributed by atoms with Crippen molar-refractivity contribution in [2.24, 2.45) is 0 Å². The van der Waals surface area contributed by atoms with Crippen molar-refractivity contribution < 1.29 is 4.39 Å². The molecule has 4 heteroatoms. The fourth-order valence-corrected chi connectivity index (χ4v) is 0.476. The molecule has 0 aliphatic heterocycles. The van der Waals surface area contributed by atoms with Crippen LogP contribution < -0.4 is 5.59 Å². The Morgan fingerprint density at radius 3 is 2.67 bits per heavy atom. The first-order valence-corrected chi connectivity index (χ1v) is 2.44. The Labute approximate surface area is 53.6 Å². The first kappa shape index (κ1) is 6.20. The van der Waals surface area contributed by atoms with Crippen molar-refractivity contribution in [2.45, 2.75) is 6.92 Å². The molecule has 2 nitrogen and oxygen atoms in total. The largest absolute Gasteiger partial charge is 0.250 e. The van der Waals surface area contributed by atoms with Crippen LogP contribution >= 0.6 is 0 Å². The van der Waals surface area contributed by atoms with E-state index in [0.29, 0.717) is 0 Å². The van der Waals surface area contributed by atoms with Gasteiger partial charge in [-0.25, -0.2) is 14.4 Å². The maximum Gasteiger partial charge on any atom is 0.154 e. The molecule has 0 atom stereocenters. The van der Waals surface area contributed by atoms with E-state index >= 15 is 0 Å². The van der Waals surface area contributed by atoms with Gasteiger partial charge in [-0.3, -0.25) is 0 Å². The SMILES string of the molecule is [B]c1ncnc(C)c1F. The summed E-state index contributed by atoms with van der Waals surface area (Å²) in [7, 11) is 5.09. The van der Waals surface area contributed by atoms with Gasteiger partial charge < -0.3 is 0 Å². The highest BCUT2D eigenvalue weighted by molar-refractivity contribution is 6.30. The average molecular weight is 122 g/mol. The molecule has 0 saturated carbocycles. The van der Waals surface area contributed by atoms with Crippen molar-refractivity contribution in [2.75, 3.05) is 0 Å². The van der Waals surface area contributed by atoms with Crippen LogP contribution in [0.4, 0.5) is 4.39 Å². The molecule has 44 valence electrons. The predicted molar refractivity (Wildman–Crippen MR) is 32.1 cm³/mol. The summed E-state index contributed by atoms with van der Waals surface area (Å²) in [6, 6.07) is 0. The van der Waals surface area contributed by atoms with Gasteiger partial charge in [0.25, 0.3) is 0 Å². The van der Waals surface area contributed by atoms with E-state index in [2.05, 4.69) is 9.97 Å². The van der Waals surface area contributed by atoms with E-state index in [9.17, 15) is 4.39 Å². The minimum Gasteiger partial charge on any atom is -0.250 e. The van der Waals surface area contributed by atoms with Crippen molar-refractivity contribution in [1.29, 1.82) is 0 Å². The van der Waals surface area contributed by atoms with Crippen LogP contribution in [0.15, 0.2) is 6.33 Å². The maximum absolute atomic E-state index is 12.5. The van der Waals surface area contributed by atoms with Gasteiger partial charge in [0.1, 0.15) is 14.2 Å². The maximum atomic E-state index is 12.5. The molecule has 0 fully saturated rings. The number of aromatic nitrogens is 2. The summed E-state index contributed by atoms with van der Waals surface area (Å²) in [4.78, 5) is 7.00. The summed E-state index contributed by atoms with van der Waals surface area (Å²) in [6.45, 7) is 1.54. The Hall–Kier alpha value is -0.925. The number of rotatable bonds is 0. The van der Waals surface area contributed by atoms with E-state index < -0.39 is 5.82 Å². The molecule has 0 amide bonds. The highest BCUT2D eigenvalue weighted by Gasteiger charge is 1.99. The van der Waals surface area contributed by atoms with Gasteiger partial charge in [-0.05, 0) is 6.92 Å². The van der Waals surface area contributed by atoms with Gasteiger partial charge in [0.15, 0.2) is 5.82 Å². The normalized spacial score (nSPS) is 9.56. The van der Waals surface area contributed by atoms with Crippen LogP contribution in [-0.2, 0) is 0 Å². The average Bonchev–Trinajstić information content (AvgIpc) is 1.83. The van der Waals surface area contributed by atoms with Crippen LogP contribution in [0, 0.1) is 12.7 Å². The third kappa shape index (κ3) is 1.07. The summed E-state index contributed by atoms with van der Waals surface area (Å²) in [6.07, 6.45) is 1.23. The molecule has 2 radical (unpaired) electrons. The Morgan fingerprint density at radius 1 is 1.56 bits per heavy atom. The lowest BCUT2D eigenvalue weighted by Crippen LogP contribution is -2.15. The summed E-state index contributed by atoms with van der Waals surface area (Å²) in [5.74, 6) is -0.530. The molecule has 0 aliphatic carbocycles. The molecule has 1 heterocycles. The molecule has 1 aromatic rings. The van der Waals surface area contributed by atoms with Gasteiger partial charge in [-0.1, -0.05) is 0 Å². The Morgan fingerprint density at radius 2 is 2.22 bits per heavy atom. The lowest BCUT2D eigenvalue weighted by atomic mass is 10.0. The van der Waals surface area contributed by atoms with Gasteiger partial charge >= 0.3 is 0 Å². The number of aryl methyl sites for hydroxylation is 1. The van der Waals surface area contributed by atoms with Crippen molar-refractivity contribution in [3.63, 3.8) is 0 Å². The standard InChI is InChI=1S/C5H4BFN2/c1-3-4(7)5(6)9-2-8-3/h2H,1H3. The van der Waals surface area contributed by atoms with E-state index in [1.165, 1.54) is 13.3 Å². The minimum absolute atomic E-state index is 0.0949. The molecule has 0 spiro atoms. The van der Waals surface area contributed by atoms with Gasteiger partial charge in [0.2, 0.25) is 0 Å². The minimum atomic E-state index is -0.530. The zero-order chi connectivity index (χ0) is 6.85. The zero-order valence-electron chi connectivity index (χ0n) is 4.93. The first-order chi connectivity index (χ1) is 4.22. The summed E-state index contributed by atoms with van der Waals surface area (Å²) >= 11 is 0. The number of hydrogen-bond donors (Lipinski definition) is 0. The number of halogens is 1. The first-order valence-electron chi connectivity index (χ1n) is 2.44. The van der Waals surface area contributed by atoms with Crippen LogP contribution in [0.3, 0.4) is 0 Å². The smallest absolute Gasteiger partial charge is 0.154 e. The van der Waals surface area contributed by atoms with E-state index in [1.807, 2.05) is 0 Å². The van der Waals surface area contributed by atoms with Crippen molar-refractivity contribution in [3.05, 3.63) is 17.8 Å². The molecule has 0 aliphatic rings. The van der Waals surface area contributed by atoms with Gasteiger partial charge in [0.05, 0.1) is 5.69 Å². The Kier molecular flexibility index (Phi) is 1.47. The molecule has 0 unspecified atom stereocenters. The Bertz CT molecular complexity index is 206. The van der Waals surface area contributed by atoms with Crippen LogP contribution in [0.25, 0.3) is 0 Å². The topological polar surface area (TPSA) is 25.8 Å². The van der Waals surface area contributed by atoms with Crippen molar-refractivity contribution >= 4 is 13.4 Å². The lowest BCUT2D eigenvalue weighted by Gasteiger charge is -1.95. The lowest BCUT2D eigenvalue weighted by molar-refractivity contribution is 0.612. The molecule has 1 rings (SSSR count).